The summed E-state index contributed by atoms with van der Waals surface area (Å²) in [4.78, 5) is 31.7. The van der Waals surface area contributed by atoms with Gasteiger partial charge in [0.05, 0.1) is 42.7 Å². The van der Waals surface area contributed by atoms with Crippen LogP contribution in [0.4, 0.5) is 0 Å². The van der Waals surface area contributed by atoms with E-state index in [0.29, 0.717) is 42.7 Å². The third-order valence-corrected chi connectivity index (χ3v) is 6.66. The van der Waals surface area contributed by atoms with E-state index in [-0.39, 0.29) is 12.2 Å². The monoisotopic (exact) mass is 498 g/mol. The maximum atomic E-state index is 13.7. The van der Waals surface area contributed by atoms with E-state index in [0.717, 1.165) is 5.56 Å². The minimum absolute atomic E-state index is 0.211. The summed E-state index contributed by atoms with van der Waals surface area (Å²) in [6.07, 6.45) is 1.74. The minimum atomic E-state index is -0.693. The van der Waals surface area contributed by atoms with E-state index in [2.05, 4.69) is 4.99 Å². The largest absolute Gasteiger partial charge is 0.493 e. The first kappa shape index (κ1) is 23.8. The van der Waals surface area contributed by atoms with Crippen LogP contribution in [0.15, 0.2) is 63.5 Å². The van der Waals surface area contributed by atoms with Gasteiger partial charge >= 0.3 is 5.97 Å². The highest BCUT2D eigenvalue weighted by Crippen LogP contribution is 2.32. The molecule has 0 bridgehead atoms. The highest BCUT2D eigenvalue weighted by Gasteiger charge is 2.33. The molecule has 1 atom stereocenters. The zero-order chi connectivity index (χ0) is 24.4. The van der Waals surface area contributed by atoms with E-state index in [1.54, 1.807) is 64.5 Å². The van der Waals surface area contributed by atoms with E-state index in [1.807, 2.05) is 12.1 Å². The lowest BCUT2D eigenvalue weighted by molar-refractivity contribution is -0.139. The Morgan fingerprint density at radius 1 is 1.18 bits per heavy atom. The van der Waals surface area contributed by atoms with Crippen LogP contribution in [0.25, 0.3) is 6.08 Å². The van der Waals surface area contributed by atoms with Gasteiger partial charge in [0.2, 0.25) is 0 Å². The molecule has 1 aliphatic rings. The number of benzene rings is 2. The number of halogens is 1. The van der Waals surface area contributed by atoms with Gasteiger partial charge in [-0.1, -0.05) is 47.2 Å². The van der Waals surface area contributed by atoms with Crippen LogP contribution in [0.5, 0.6) is 11.5 Å². The lowest BCUT2D eigenvalue weighted by Crippen LogP contribution is -2.39. The van der Waals surface area contributed by atoms with E-state index in [9.17, 15) is 9.59 Å². The number of methoxy groups -OCH3 is 2. The highest BCUT2D eigenvalue weighted by atomic mass is 35.5. The average molecular weight is 499 g/mol. The Morgan fingerprint density at radius 3 is 2.56 bits per heavy atom. The standard InChI is InChI=1S/C25H23ClN2O5S/c1-5-33-24(30)20-14(2)27-25-28(21(20)15-9-11-17(26)12-10-15)23(29)19(34-25)13-16-7-6-8-18(31-3)22(16)32-4/h6-13,21H,5H2,1-4H3/b19-13-/t21-/m1/s1. The number of aromatic nitrogens is 1. The maximum absolute atomic E-state index is 13.7. The first-order valence-electron chi connectivity index (χ1n) is 10.6. The summed E-state index contributed by atoms with van der Waals surface area (Å²) in [5, 5.41) is 0.555. The molecule has 1 aliphatic heterocycles. The lowest BCUT2D eigenvalue weighted by Gasteiger charge is -2.24. The van der Waals surface area contributed by atoms with Crippen molar-refractivity contribution in [3.8, 4) is 11.5 Å². The normalized spacial score (nSPS) is 15.6. The molecule has 4 rings (SSSR count). The average Bonchev–Trinajstić information content (AvgIpc) is 3.13. The van der Waals surface area contributed by atoms with Crippen molar-refractivity contribution in [2.75, 3.05) is 20.8 Å². The van der Waals surface area contributed by atoms with Crippen molar-refractivity contribution < 1.29 is 19.0 Å². The van der Waals surface area contributed by atoms with Gasteiger partial charge in [-0.25, -0.2) is 9.79 Å². The number of hydrogen-bond donors (Lipinski definition) is 0. The molecule has 7 nitrogen and oxygen atoms in total. The fourth-order valence-corrected chi connectivity index (χ4v) is 5.08. The van der Waals surface area contributed by atoms with Gasteiger partial charge in [0.1, 0.15) is 0 Å². The fourth-order valence-electron chi connectivity index (χ4n) is 3.92. The third-order valence-electron chi connectivity index (χ3n) is 5.42. The zero-order valence-electron chi connectivity index (χ0n) is 19.1. The van der Waals surface area contributed by atoms with Gasteiger partial charge in [-0.3, -0.25) is 9.36 Å². The van der Waals surface area contributed by atoms with Crippen LogP contribution in [0.1, 0.15) is 31.0 Å². The number of allylic oxidation sites excluding steroid dienone is 1. The number of carbonyl (C=O) groups excluding carboxylic acids is 1. The number of ether oxygens (including phenoxy) is 3. The van der Waals surface area contributed by atoms with Gasteiger partial charge in [-0.15, -0.1) is 0 Å². The van der Waals surface area contributed by atoms with Crippen LogP contribution in [-0.2, 0) is 9.53 Å². The molecule has 3 aromatic rings. The van der Waals surface area contributed by atoms with Crippen LogP contribution in [0.2, 0.25) is 5.02 Å². The number of rotatable bonds is 6. The van der Waals surface area contributed by atoms with Crippen LogP contribution in [0.3, 0.4) is 0 Å². The van der Waals surface area contributed by atoms with Crippen molar-refractivity contribution in [1.82, 2.24) is 4.57 Å². The van der Waals surface area contributed by atoms with E-state index < -0.39 is 12.0 Å². The number of nitrogens with zero attached hydrogens (tertiary/aromatic N) is 2. The Hall–Kier alpha value is -3.36. The molecule has 0 saturated carbocycles. The molecule has 0 aliphatic carbocycles. The van der Waals surface area contributed by atoms with Gasteiger partial charge in [-0.05, 0) is 43.7 Å². The summed E-state index contributed by atoms with van der Waals surface area (Å²) in [5.74, 6) is 0.574. The maximum Gasteiger partial charge on any atom is 0.338 e. The van der Waals surface area contributed by atoms with Crippen LogP contribution in [0, 0.1) is 0 Å². The van der Waals surface area contributed by atoms with Crippen molar-refractivity contribution in [1.29, 1.82) is 0 Å². The smallest absolute Gasteiger partial charge is 0.338 e. The molecule has 0 spiro atoms. The molecule has 9 heteroatoms. The first-order chi connectivity index (χ1) is 16.4. The van der Waals surface area contributed by atoms with Gasteiger partial charge in [0.25, 0.3) is 5.56 Å². The molecular weight excluding hydrogens is 476 g/mol. The van der Waals surface area contributed by atoms with E-state index in [4.69, 9.17) is 25.8 Å². The summed E-state index contributed by atoms with van der Waals surface area (Å²) in [6, 6.07) is 11.8. The summed E-state index contributed by atoms with van der Waals surface area (Å²) in [7, 11) is 3.10. The van der Waals surface area contributed by atoms with Gasteiger partial charge in [0.15, 0.2) is 16.3 Å². The second-order valence-electron chi connectivity index (χ2n) is 7.44. The van der Waals surface area contributed by atoms with Gasteiger partial charge in [0, 0.05) is 10.6 Å². The second-order valence-corrected chi connectivity index (χ2v) is 8.88. The quantitative estimate of drug-likeness (QED) is 0.486. The molecule has 2 heterocycles. The number of hydrogen-bond acceptors (Lipinski definition) is 7. The molecule has 0 N–H and O–H groups in total. The topological polar surface area (TPSA) is 79.1 Å². The van der Waals surface area contributed by atoms with Crippen molar-refractivity contribution >= 4 is 35.0 Å². The number of para-hydroxylation sites is 1. The van der Waals surface area contributed by atoms with Gasteiger partial charge in [-0.2, -0.15) is 0 Å². The molecule has 0 amide bonds. The Morgan fingerprint density at radius 2 is 1.91 bits per heavy atom. The summed E-state index contributed by atoms with van der Waals surface area (Å²) in [5.41, 5.74) is 1.97. The number of esters is 1. The predicted octanol–water partition coefficient (Wildman–Crippen LogP) is 3.47. The molecule has 2 aromatic carbocycles. The minimum Gasteiger partial charge on any atom is -0.493 e. The van der Waals surface area contributed by atoms with Crippen LogP contribution in [-0.4, -0.2) is 31.4 Å². The predicted molar refractivity (Wildman–Crippen MR) is 131 cm³/mol. The molecule has 176 valence electrons. The summed E-state index contributed by atoms with van der Waals surface area (Å²) in [6.45, 7) is 3.70. The van der Waals surface area contributed by atoms with E-state index >= 15 is 0 Å². The van der Waals surface area contributed by atoms with Crippen molar-refractivity contribution in [3.05, 3.63) is 89.6 Å². The molecule has 0 saturated heterocycles. The molecule has 1 aromatic heterocycles. The van der Waals surface area contributed by atoms with Crippen LogP contribution >= 0.6 is 22.9 Å². The van der Waals surface area contributed by atoms with Crippen molar-refractivity contribution in [2.45, 2.75) is 19.9 Å². The Kier molecular flexibility index (Phi) is 6.90. The van der Waals surface area contributed by atoms with E-state index in [1.165, 1.54) is 15.9 Å². The van der Waals surface area contributed by atoms with Crippen molar-refractivity contribution in [2.24, 2.45) is 4.99 Å². The Labute approximate surface area is 205 Å². The van der Waals surface area contributed by atoms with Crippen molar-refractivity contribution in [3.63, 3.8) is 0 Å². The number of fused-ring (bicyclic) bond motifs is 1. The number of thiazole rings is 1. The molecule has 0 fully saturated rings. The molecule has 0 radical (unpaired) electrons. The molecular formula is C25H23ClN2O5S. The molecule has 34 heavy (non-hydrogen) atoms. The highest BCUT2D eigenvalue weighted by molar-refractivity contribution is 7.07. The Bertz CT molecular complexity index is 1450. The van der Waals surface area contributed by atoms with Crippen LogP contribution < -0.4 is 24.4 Å². The number of carbonyl (C=O) groups is 1. The third kappa shape index (κ3) is 4.26. The molecule has 0 unspecified atom stereocenters. The SMILES string of the molecule is CCOC(=O)C1=C(C)N=c2s/c(=C\c3cccc(OC)c3OC)c(=O)n2[C@@H]1c1ccc(Cl)cc1. The zero-order valence-corrected chi connectivity index (χ0v) is 20.7. The Balaban J connectivity index is 1.97. The first-order valence-corrected chi connectivity index (χ1v) is 11.7. The lowest BCUT2D eigenvalue weighted by atomic mass is 9.96. The summed E-state index contributed by atoms with van der Waals surface area (Å²) >= 11 is 7.33. The summed E-state index contributed by atoms with van der Waals surface area (Å²) < 4.78 is 18.2. The second kappa shape index (κ2) is 9.87. The fraction of sp³-hybridized carbons (Fsp3) is 0.240. The van der Waals surface area contributed by atoms with Gasteiger partial charge < -0.3 is 14.2 Å².